The standard InChI is InChI=1S/C12H18N2O2.C6H10N2/c1-11(2)4-10(14-9-16)5-12(3,6-11)7-13-8-15;1-3-6-7-4-5(2)8-6/h10H,4-7H2,1-3H3;4H,3H2,1-2H3,(H,7,8). The summed E-state index contributed by atoms with van der Waals surface area (Å²) in [6.45, 7) is 10.9. The fourth-order valence-electron chi connectivity index (χ4n) is 3.73. The fraction of sp³-hybridized carbons (Fsp3) is 0.722. The van der Waals surface area contributed by atoms with Crippen LogP contribution in [-0.2, 0) is 16.0 Å². The molecule has 2 rings (SSSR count). The molecule has 0 bridgehead atoms. The Morgan fingerprint density at radius 2 is 2.00 bits per heavy atom. The average molecular weight is 332 g/mol. The maximum Gasteiger partial charge on any atom is 0.235 e. The number of aliphatic imine (C=N–C) groups is 2. The van der Waals surface area contributed by atoms with Crippen molar-refractivity contribution >= 4 is 12.2 Å². The Kier molecular flexibility index (Phi) is 7.27. The predicted octanol–water partition coefficient (Wildman–Crippen LogP) is 3.52. The SMILES string of the molecule is CC1(C)CC(N=C=O)CC(C)(CN=C=O)C1.CCc1ncc(C)[nH]1. The number of hydrogen-bond donors (Lipinski definition) is 1. The Balaban J connectivity index is 0.000000300. The van der Waals surface area contributed by atoms with Gasteiger partial charge in [-0.3, -0.25) is 0 Å². The van der Waals surface area contributed by atoms with Crippen LogP contribution in [0.4, 0.5) is 0 Å². The summed E-state index contributed by atoms with van der Waals surface area (Å²) >= 11 is 0. The quantitative estimate of drug-likeness (QED) is 0.676. The van der Waals surface area contributed by atoms with Crippen molar-refractivity contribution in [3.8, 4) is 0 Å². The number of aromatic nitrogens is 2. The molecule has 1 N–H and O–H groups in total. The summed E-state index contributed by atoms with van der Waals surface area (Å²) in [6.07, 6.45) is 8.72. The van der Waals surface area contributed by atoms with Crippen molar-refractivity contribution in [2.24, 2.45) is 20.8 Å². The van der Waals surface area contributed by atoms with E-state index in [-0.39, 0.29) is 16.9 Å². The third-order valence-corrected chi connectivity index (χ3v) is 4.27. The lowest BCUT2D eigenvalue weighted by molar-refractivity contribution is 0.0915. The van der Waals surface area contributed by atoms with Gasteiger partial charge < -0.3 is 4.98 Å². The van der Waals surface area contributed by atoms with Gasteiger partial charge in [0, 0.05) is 18.3 Å². The van der Waals surface area contributed by atoms with Gasteiger partial charge in [-0.1, -0.05) is 27.7 Å². The minimum Gasteiger partial charge on any atom is -0.346 e. The van der Waals surface area contributed by atoms with Crippen molar-refractivity contribution in [3.63, 3.8) is 0 Å². The van der Waals surface area contributed by atoms with Gasteiger partial charge >= 0.3 is 0 Å². The van der Waals surface area contributed by atoms with Crippen LogP contribution in [0.3, 0.4) is 0 Å². The van der Waals surface area contributed by atoms with E-state index in [1.54, 1.807) is 12.2 Å². The Labute approximate surface area is 143 Å². The molecule has 1 fully saturated rings. The van der Waals surface area contributed by atoms with E-state index in [1.165, 1.54) is 0 Å². The van der Waals surface area contributed by atoms with E-state index in [4.69, 9.17) is 0 Å². The number of isocyanates is 2. The summed E-state index contributed by atoms with van der Waals surface area (Å²) in [5.41, 5.74) is 1.20. The van der Waals surface area contributed by atoms with Crippen molar-refractivity contribution < 1.29 is 9.59 Å². The van der Waals surface area contributed by atoms with Gasteiger partial charge in [0.15, 0.2) is 0 Å². The summed E-state index contributed by atoms with van der Waals surface area (Å²) in [5.74, 6) is 1.07. The van der Waals surface area contributed by atoms with Crippen LogP contribution in [0.25, 0.3) is 0 Å². The molecule has 1 aliphatic rings. The predicted molar refractivity (Wildman–Crippen MR) is 93.3 cm³/mol. The molecule has 2 atom stereocenters. The zero-order chi connectivity index (χ0) is 18.2. The molecule has 1 heterocycles. The normalized spacial score (nSPS) is 24.8. The Bertz CT molecular complexity index is 625. The van der Waals surface area contributed by atoms with Gasteiger partial charge in [0.05, 0.1) is 12.6 Å². The zero-order valence-corrected chi connectivity index (χ0v) is 15.3. The first-order chi connectivity index (χ1) is 11.2. The molecule has 0 aliphatic heterocycles. The number of hydrogen-bond acceptors (Lipinski definition) is 5. The fourth-order valence-corrected chi connectivity index (χ4v) is 3.73. The average Bonchev–Trinajstić information content (AvgIpc) is 2.90. The molecular formula is C18H28N4O2. The molecule has 1 aromatic rings. The van der Waals surface area contributed by atoms with Crippen LogP contribution in [0.1, 0.15) is 58.5 Å². The maximum absolute atomic E-state index is 10.3. The molecule has 6 heteroatoms. The number of imidazole rings is 1. The molecule has 2 unspecified atom stereocenters. The first-order valence-corrected chi connectivity index (χ1v) is 8.35. The van der Waals surface area contributed by atoms with Gasteiger partial charge in [0.2, 0.25) is 12.2 Å². The van der Waals surface area contributed by atoms with Crippen LogP contribution in [0, 0.1) is 17.8 Å². The maximum atomic E-state index is 10.3. The van der Waals surface area contributed by atoms with Crippen LogP contribution in [0.5, 0.6) is 0 Å². The van der Waals surface area contributed by atoms with E-state index in [0.29, 0.717) is 6.54 Å². The molecule has 132 valence electrons. The van der Waals surface area contributed by atoms with E-state index in [2.05, 4.69) is 47.6 Å². The third-order valence-electron chi connectivity index (χ3n) is 4.27. The first-order valence-electron chi connectivity index (χ1n) is 8.35. The molecule has 0 aromatic carbocycles. The van der Waals surface area contributed by atoms with E-state index in [0.717, 1.165) is 37.2 Å². The highest BCUT2D eigenvalue weighted by atomic mass is 16.1. The van der Waals surface area contributed by atoms with Crippen molar-refractivity contribution in [1.29, 1.82) is 0 Å². The largest absolute Gasteiger partial charge is 0.346 e. The summed E-state index contributed by atoms with van der Waals surface area (Å²) in [5, 5.41) is 0. The number of aromatic amines is 1. The smallest absolute Gasteiger partial charge is 0.235 e. The molecule has 1 aliphatic carbocycles. The van der Waals surface area contributed by atoms with E-state index in [1.807, 2.05) is 13.1 Å². The highest BCUT2D eigenvalue weighted by molar-refractivity contribution is 5.34. The van der Waals surface area contributed by atoms with Crippen LogP contribution in [0.15, 0.2) is 16.2 Å². The summed E-state index contributed by atoms with van der Waals surface area (Å²) in [4.78, 5) is 35.2. The van der Waals surface area contributed by atoms with Crippen molar-refractivity contribution in [2.75, 3.05) is 6.54 Å². The highest BCUT2D eigenvalue weighted by Crippen LogP contribution is 2.47. The lowest BCUT2D eigenvalue weighted by Crippen LogP contribution is -2.39. The van der Waals surface area contributed by atoms with Crippen molar-refractivity contribution in [2.45, 2.75) is 66.3 Å². The summed E-state index contributed by atoms with van der Waals surface area (Å²) < 4.78 is 0. The van der Waals surface area contributed by atoms with Gasteiger partial charge in [-0.25, -0.2) is 24.6 Å². The second kappa shape index (κ2) is 8.72. The number of nitrogens with zero attached hydrogens (tertiary/aromatic N) is 3. The van der Waals surface area contributed by atoms with Crippen LogP contribution in [0.2, 0.25) is 0 Å². The lowest BCUT2D eigenvalue weighted by atomic mass is 9.63. The van der Waals surface area contributed by atoms with Gasteiger partial charge in [-0.15, -0.1) is 0 Å². The van der Waals surface area contributed by atoms with Crippen LogP contribution < -0.4 is 0 Å². The van der Waals surface area contributed by atoms with Crippen LogP contribution >= 0.6 is 0 Å². The number of aryl methyl sites for hydroxylation is 2. The lowest BCUT2D eigenvalue weighted by Gasteiger charge is -2.44. The first kappa shape index (κ1) is 20.0. The topological polar surface area (TPSA) is 87.5 Å². The van der Waals surface area contributed by atoms with E-state index < -0.39 is 0 Å². The molecule has 6 nitrogen and oxygen atoms in total. The number of nitrogens with one attached hydrogen (secondary N) is 1. The molecule has 0 amide bonds. The number of H-pyrrole nitrogens is 1. The van der Waals surface area contributed by atoms with Crippen LogP contribution in [-0.4, -0.2) is 34.7 Å². The molecule has 1 aromatic heterocycles. The van der Waals surface area contributed by atoms with E-state index >= 15 is 0 Å². The molecule has 24 heavy (non-hydrogen) atoms. The Morgan fingerprint density at radius 3 is 2.46 bits per heavy atom. The molecular weight excluding hydrogens is 304 g/mol. The van der Waals surface area contributed by atoms with Crippen molar-refractivity contribution in [1.82, 2.24) is 9.97 Å². The van der Waals surface area contributed by atoms with E-state index in [9.17, 15) is 9.59 Å². The minimum atomic E-state index is -0.0653. The summed E-state index contributed by atoms with van der Waals surface area (Å²) in [6, 6.07) is 0.00750. The second-order valence-corrected chi connectivity index (χ2v) is 7.71. The van der Waals surface area contributed by atoms with Crippen molar-refractivity contribution in [3.05, 3.63) is 17.7 Å². The number of carbonyl (C=O) groups excluding carboxylic acids is 2. The summed E-state index contributed by atoms with van der Waals surface area (Å²) in [7, 11) is 0. The third kappa shape index (κ3) is 6.61. The molecule has 1 saturated carbocycles. The van der Waals surface area contributed by atoms with Gasteiger partial charge in [0.1, 0.15) is 5.82 Å². The minimum absolute atomic E-state index is 0.00750. The monoisotopic (exact) mass is 332 g/mol. The van der Waals surface area contributed by atoms with Gasteiger partial charge in [-0.05, 0) is 37.0 Å². The van der Waals surface area contributed by atoms with Gasteiger partial charge in [0.25, 0.3) is 0 Å². The van der Waals surface area contributed by atoms with Gasteiger partial charge in [-0.2, -0.15) is 0 Å². The Hall–Kier alpha value is -2.03. The number of rotatable bonds is 4. The molecule has 0 radical (unpaired) electrons. The highest BCUT2D eigenvalue weighted by Gasteiger charge is 2.41. The zero-order valence-electron chi connectivity index (χ0n) is 15.3. The Morgan fingerprint density at radius 1 is 1.29 bits per heavy atom. The second-order valence-electron chi connectivity index (χ2n) is 7.71. The molecule has 0 spiro atoms. The molecule has 0 saturated heterocycles.